The zero-order valence-electron chi connectivity index (χ0n) is 18.5. The lowest BCUT2D eigenvalue weighted by Crippen LogP contribution is -2.40. The Labute approximate surface area is 201 Å². The number of nitrogens with one attached hydrogen (secondary N) is 2. The summed E-state index contributed by atoms with van der Waals surface area (Å²) in [6, 6.07) is 28.1. The van der Waals surface area contributed by atoms with Crippen molar-refractivity contribution in [1.82, 2.24) is 10.4 Å². The normalized spacial score (nSPS) is 12.9. The lowest BCUT2D eigenvalue weighted by molar-refractivity contribution is 0.210. The molecule has 174 valence electrons. The van der Waals surface area contributed by atoms with Crippen molar-refractivity contribution in [3.63, 3.8) is 0 Å². The highest BCUT2D eigenvalue weighted by atomic mass is 19.1. The molecule has 0 atom stereocenters. The fourth-order valence-electron chi connectivity index (χ4n) is 3.77. The molecule has 0 bridgehead atoms. The summed E-state index contributed by atoms with van der Waals surface area (Å²) in [5, 5.41) is 4.28. The molecule has 0 saturated carbocycles. The predicted molar refractivity (Wildman–Crippen MR) is 131 cm³/mol. The van der Waals surface area contributed by atoms with E-state index >= 15 is 0 Å². The van der Waals surface area contributed by atoms with Crippen LogP contribution in [0.1, 0.15) is 11.1 Å². The van der Waals surface area contributed by atoms with Crippen molar-refractivity contribution < 1.29 is 18.3 Å². The number of rotatable bonds is 5. The highest BCUT2D eigenvalue weighted by Gasteiger charge is 2.27. The number of amides is 2. The zero-order valence-corrected chi connectivity index (χ0v) is 18.5. The summed E-state index contributed by atoms with van der Waals surface area (Å²) in [5.41, 5.74) is 6.62. The molecule has 0 fully saturated rings. The van der Waals surface area contributed by atoms with Gasteiger partial charge in [0.25, 0.3) is 0 Å². The molecule has 1 aliphatic heterocycles. The molecule has 5 rings (SSSR count). The number of hydrogen-bond acceptors (Lipinski definition) is 3. The van der Waals surface area contributed by atoms with E-state index in [1.54, 1.807) is 48.5 Å². The monoisotopic (exact) mass is 469 g/mol. The molecule has 0 unspecified atom stereocenters. The molecule has 1 heterocycles. The Morgan fingerprint density at radius 3 is 1.94 bits per heavy atom. The van der Waals surface area contributed by atoms with Gasteiger partial charge in [0.05, 0.1) is 12.2 Å². The van der Waals surface area contributed by atoms with Crippen LogP contribution in [-0.4, -0.2) is 17.6 Å². The Hall–Kier alpha value is -4.65. The summed E-state index contributed by atoms with van der Waals surface area (Å²) in [6.45, 7) is 0.235. The van der Waals surface area contributed by atoms with Crippen molar-refractivity contribution >= 4 is 23.0 Å². The second-order valence-corrected chi connectivity index (χ2v) is 7.93. The minimum atomic E-state index is -0.376. The van der Waals surface area contributed by atoms with Crippen molar-refractivity contribution in [2.24, 2.45) is 0 Å². The fraction of sp³-hybridized carbons (Fsp3) is 0.0357. The number of anilines is 1. The van der Waals surface area contributed by atoms with Gasteiger partial charge in [0, 0.05) is 11.3 Å². The van der Waals surface area contributed by atoms with E-state index in [1.807, 2.05) is 30.3 Å². The van der Waals surface area contributed by atoms with E-state index in [1.165, 1.54) is 29.3 Å². The van der Waals surface area contributed by atoms with Crippen LogP contribution < -0.4 is 15.5 Å². The lowest BCUT2D eigenvalue weighted by atomic mass is 10.0. The van der Waals surface area contributed by atoms with Crippen molar-refractivity contribution in [1.29, 1.82) is 0 Å². The number of nitrogens with zero attached hydrogens (tertiary/aromatic N) is 1. The Morgan fingerprint density at radius 2 is 1.31 bits per heavy atom. The van der Waals surface area contributed by atoms with Gasteiger partial charge in [-0.3, -0.25) is 5.43 Å². The lowest BCUT2D eigenvalue weighted by Gasteiger charge is -2.19. The molecule has 0 saturated heterocycles. The third kappa shape index (κ3) is 5.14. The Balaban J connectivity index is 1.32. The Bertz CT molecular complexity index is 1300. The molecule has 2 N–H and O–H groups in total. The van der Waals surface area contributed by atoms with Gasteiger partial charge in [-0.1, -0.05) is 30.3 Å². The van der Waals surface area contributed by atoms with Crippen LogP contribution in [-0.2, 0) is 0 Å². The summed E-state index contributed by atoms with van der Waals surface area (Å²) >= 11 is 0. The first-order valence-corrected chi connectivity index (χ1v) is 11.0. The quantitative estimate of drug-likeness (QED) is 0.343. The average molecular weight is 469 g/mol. The molecule has 7 heteroatoms. The van der Waals surface area contributed by atoms with Gasteiger partial charge in [0.15, 0.2) is 0 Å². The van der Waals surface area contributed by atoms with Gasteiger partial charge >= 0.3 is 6.03 Å². The number of carbonyl (C=O) groups is 1. The van der Waals surface area contributed by atoms with Gasteiger partial charge in [-0.2, -0.15) is 0 Å². The molecule has 0 aromatic heterocycles. The van der Waals surface area contributed by atoms with E-state index in [9.17, 15) is 13.6 Å². The molecule has 35 heavy (non-hydrogen) atoms. The van der Waals surface area contributed by atoms with Crippen molar-refractivity contribution in [2.45, 2.75) is 0 Å². The van der Waals surface area contributed by atoms with Crippen molar-refractivity contribution in [3.05, 3.63) is 126 Å². The van der Waals surface area contributed by atoms with Gasteiger partial charge < -0.3 is 10.1 Å². The van der Waals surface area contributed by atoms with Gasteiger partial charge in [-0.15, -0.1) is 0 Å². The van der Waals surface area contributed by atoms with E-state index in [0.717, 1.165) is 16.9 Å². The van der Waals surface area contributed by atoms with Crippen LogP contribution in [0.5, 0.6) is 11.5 Å². The molecular formula is C28H21F2N3O2. The molecule has 0 radical (unpaired) electrons. The topological polar surface area (TPSA) is 53.6 Å². The number of urea groups is 1. The number of para-hydroxylation sites is 1. The summed E-state index contributed by atoms with van der Waals surface area (Å²) in [6.07, 6.45) is 0. The third-order valence-electron chi connectivity index (χ3n) is 5.52. The van der Waals surface area contributed by atoms with Gasteiger partial charge in [-0.25, -0.2) is 18.6 Å². The molecule has 0 spiro atoms. The molecule has 1 aliphatic rings. The third-order valence-corrected chi connectivity index (χ3v) is 5.52. The SMILES string of the molecule is O=C(Nc1ccc(Oc2ccccc2)cc1)N1CC(c2ccc(F)cc2)=C(c2ccc(F)cc2)N1. The summed E-state index contributed by atoms with van der Waals surface area (Å²) < 4.78 is 32.7. The highest BCUT2D eigenvalue weighted by Crippen LogP contribution is 2.31. The van der Waals surface area contributed by atoms with Crippen molar-refractivity contribution in [2.75, 3.05) is 11.9 Å². The van der Waals surface area contributed by atoms with Gasteiger partial charge in [-0.05, 0) is 83.9 Å². The number of halogens is 2. The van der Waals surface area contributed by atoms with E-state index in [0.29, 0.717) is 22.7 Å². The number of carbonyl (C=O) groups excluding carboxylic acids is 1. The van der Waals surface area contributed by atoms with Gasteiger partial charge in [0.1, 0.15) is 23.1 Å². The largest absolute Gasteiger partial charge is 0.457 e. The van der Waals surface area contributed by atoms with Crippen molar-refractivity contribution in [3.8, 4) is 11.5 Å². The van der Waals surface area contributed by atoms with E-state index in [4.69, 9.17) is 4.74 Å². The van der Waals surface area contributed by atoms with Crippen LogP contribution in [0.2, 0.25) is 0 Å². The van der Waals surface area contributed by atoms with Gasteiger partial charge in [0.2, 0.25) is 0 Å². The van der Waals surface area contributed by atoms with E-state index in [-0.39, 0.29) is 24.2 Å². The minimum absolute atomic E-state index is 0.235. The van der Waals surface area contributed by atoms with Crippen LogP contribution >= 0.6 is 0 Å². The van der Waals surface area contributed by atoms with E-state index < -0.39 is 0 Å². The number of benzene rings is 4. The maximum Gasteiger partial charge on any atom is 0.340 e. The average Bonchev–Trinajstić information content (AvgIpc) is 3.32. The first kappa shape index (κ1) is 22.2. The molecule has 4 aromatic rings. The van der Waals surface area contributed by atoms with Crippen LogP contribution in [0.4, 0.5) is 19.3 Å². The second-order valence-electron chi connectivity index (χ2n) is 7.93. The Kier molecular flexibility index (Phi) is 6.13. The molecule has 2 amide bonds. The molecule has 4 aromatic carbocycles. The fourth-order valence-corrected chi connectivity index (χ4v) is 3.77. The molecule has 0 aliphatic carbocycles. The first-order chi connectivity index (χ1) is 17.0. The minimum Gasteiger partial charge on any atom is -0.457 e. The maximum atomic E-state index is 13.5. The van der Waals surface area contributed by atoms with Crippen LogP contribution in [0, 0.1) is 11.6 Å². The zero-order chi connectivity index (χ0) is 24.2. The predicted octanol–water partition coefficient (Wildman–Crippen LogP) is 6.68. The number of ether oxygens (including phenoxy) is 1. The Morgan fingerprint density at radius 1 is 0.743 bits per heavy atom. The van der Waals surface area contributed by atoms with Crippen LogP contribution in [0.25, 0.3) is 11.3 Å². The number of hydrazine groups is 1. The second kappa shape index (κ2) is 9.69. The smallest absolute Gasteiger partial charge is 0.340 e. The maximum absolute atomic E-state index is 13.5. The highest BCUT2D eigenvalue weighted by molar-refractivity contribution is 5.98. The number of hydrogen-bond donors (Lipinski definition) is 2. The van der Waals surface area contributed by atoms with Crippen LogP contribution in [0.15, 0.2) is 103 Å². The summed E-state index contributed by atoms with van der Waals surface area (Å²) in [5.74, 6) is 0.661. The summed E-state index contributed by atoms with van der Waals surface area (Å²) in [4.78, 5) is 13.0. The molecule has 5 nitrogen and oxygen atoms in total. The summed E-state index contributed by atoms with van der Waals surface area (Å²) in [7, 11) is 0. The first-order valence-electron chi connectivity index (χ1n) is 11.0. The van der Waals surface area contributed by atoms with E-state index in [2.05, 4.69) is 10.7 Å². The van der Waals surface area contributed by atoms with Crippen LogP contribution in [0.3, 0.4) is 0 Å². The molecular weight excluding hydrogens is 448 g/mol. The standard InChI is InChI=1S/C28H21F2N3O2/c29-21-10-6-19(7-11-21)26-18-33(32-27(26)20-8-12-22(30)13-9-20)28(34)31-23-14-16-25(17-15-23)35-24-4-2-1-3-5-24/h1-17,32H,18H2,(H,31,34).